The van der Waals surface area contributed by atoms with Gasteiger partial charge in [-0.05, 0) is 68.0 Å². The summed E-state index contributed by atoms with van der Waals surface area (Å²) in [6.45, 7) is 8.98. The van der Waals surface area contributed by atoms with Crippen molar-refractivity contribution in [1.82, 2.24) is 21.3 Å². The number of allylic oxidation sites excluding steroid dienone is 2. The van der Waals surface area contributed by atoms with E-state index in [0.29, 0.717) is 11.1 Å². The number of hydrogen-bond donors (Lipinski definition) is 8. The maximum absolute atomic E-state index is 13.4. The first-order valence-electron chi connectivity index (χ1n) is 15.2. The fraction of sp³-hybridized carbons (Fsp3) is 0.469. The van der Waals surface area contributed by atoms with Gasteiger partial charge in [-0.1, -0.05) is 19.9 Å². The van der Waals surface area contributed by atoms with Crippen LogP contribution in [0.15, 0.2) is 24.3 Å². The van der Waals surface area contributed by atoms with Crippen molar-refractivity contribution >= 4 is 64.5 Å². The quantitative estimate of drug-likeness (QED) is 0.0915. The zero-order chi connectivity index (χ0) is 37.6. The van der Waals surface area contributed by atoms with E-state index in [4.69, 9.17) is 10.2 Å². The molecule has 1 aromatic rings. The van der Waals surface area contributed by atoms with E-state index in [1.807, 2.05) is 0 Å². The topological polar surface area (TPSA) is 274 Å². The Labute approximate surface area is 282 Å². The van der Waals surface area contributed by atoms with Crippen LogP contribution in [0.3, 0.4) is 0 Å². The number of hydrogen-bond acceptors (Lipinski definition) is 9. The van der Waals surface area contributed by atoms with Gasteiger partial charge in [-0.15, -0.1) is 0 Å². The summed E-state index contributed by atoms with van der Waals surface area (Å²) in [7, 11) is 0. The first-order valence-corrected chi connectivity index (χ1v) is 15.2. The van der Waals surface area contributed by atoms with Crippen molar-refractivity contribution in [2.24, 2.45) is 5.92 Å². The molecule has 0 aliphatic heterocycles. The lowest BCUT2D eigenvalue weighted by atomic mass is 10.00. The van der Waals surface area contributed by atoms with Crippen LogP contribution < -0.4 is 26.6 Å². The van der Waals surface area contributed by atoms with Crippen LogP contribution in [0.2, 0.25) is 0 Å². The molecule has 17 heteroatoms. The lowest BCUT2D eigenvalue weighted by molar-refractivity contribution is -0.142. The number of aliphatic carboxylic acids is 3. The van der Waals surface area contributed by atoms with E-state index >= 15 is 0 Å². The summed E-state index contributed by atoms with van der Waals surface area (Å²) in [5.41, 5.74) is 2.41. The SMILES string of the molecule is CC(=O)/C=C(/C)c1ccc(NC(=O)[C@H](CC(=O)O)NC(=O)C(NC(=O)[C@H](CCC(=O)O)NC(=O)[C@H](CC(=O)O)NC(C)=O)C(C)C)cc1C. The van der Waals surface area contributed by atoms with Crippen molar-refractivity contribution in [3.05, 3.63) is 35.4 Å². The number of benzene rings is 1. The van der Waals surface area contributed by atoms with E-state index in [2.05, 4.69) is 26.6 Å². The van der Waals surface area contributed by atoms with Crippen molar-refractivity contribution in [3.8, 4) is 0 Å². The number of carboxylic acid groups (broad SMARTS) is 3. The van der Waals surface area contributed by atoms with Gasteiger partial charge < -0.3 is 41.9 Å². The Kier molecular flexibility index (Phi) is 16.3. The average molecular weight is 690 g/mol. The van der Waals surface area contributed by atoms with Crippen molar-refractivity contribution in [2.75, 3.05) is 5.32 Å². The first-order chi connectivity index (χ1) is 22.7. The number of carbonyl (C=O) groups is 9. The third kappa shape index (κ3) is 14.8. The molecule has 1 aromatic carbocycles. The molecule has 268 valence electrons. The van der Waals surface area contributed by atoms with Gasteiger partial charge in [0.15, 0.2) is 5.78 Å². The zero-order valence-electron chi connectivity index (χ0n) is 28.0. The molecule has 1 rings (SSSR count). The molecule has 0 fully saturated rings. The fourth-order valence-electron chi connectivity index (χ4n) is 4.67. The smallest absolute Gasteiger partial charge is 0.305 e. The number of nitrogens with one attached hydrogen (secondary N) is 5. The highest BCUT2D eigenvalue weighted by Crippen LogP contribution is 2.22. The lowest BCUT2D eigenvalue weighted by Crippen LogP contribution is -2.59. The Morgan fingerprint density at radius 3 is 1.69 bits per heavy atom. The van der Waals surface area contributed by atoms with Crippen LogP contribution in [0, 0.1) is 12.8 Å². The second-order valence-corrected chi connectivity index (χ2v) is 11.7. The lowest BCUT2D eigenvalue weighted by Gasteiger charge is -2.27. The largest absolute Gasteiger partial charge is 0.481 e. The molecule has 4 atom stereocenters. The molecule has 0 aliphatic carbocycles. The second-order valence-electron chi connectivity index (χ2n) is 11.7. The van der Waals surface area contributed by atoms with Crippen LogP contribution in [-0.2, 0) is 43.2 Å². The van der Waals surface area contributed by atoms with Crippen molar-refractivity contribution in [3.63, 3.8) is 0 Å². The van der Waals surface area contributed by atoms with Gasteiger partial charge in [-0.3, -0.25) is 43.2 Å². The monoisotopic (exact) mass is 689 g/mol. The van der Waals surface area contributed by atoms with Crippen LogP contribution in [-0.4, -0.2) is 92.7 Å². The molecule has 5 amide bonds. The Balaban J connectivity index is 3.23. The summed E-state index contributed by atoms with van der Waals surface area (Å²) in [4.78, 5) is 110. The molecule has 0 saturated carbocycles. The minimum Gasteiger partial charge on any atom is -0.481 e. The predicted molar refractivity (Wildman–Crippen MR) is 174 cm³/mol. The number of carboxylic acids is 3. The molecule has 0 heterocycles. The maximum atomic E-state index is 13.4. The van der Waals surface area contributed by atoms with E-state index in [0.717, 1.165) is 12.5 Å². The molecule has 0 aromatic heterocycles. The van der Waals surface area contributed by atoms with Gasteiger partial charge in [-0.2, -0.15) is 0 Å². The van der Waals surface area contributed by atoms with Gasteiger partial charge in [0.25, 0.3) is 0 Å². The van der Waals surface area contributed by atoms with Gasteiger partial charge >= 0.3 is 17.9 Å². The number of carbonyl (C=O) groups excluding carboxylic acids is 6. The van der Waals surface area contributed by atoms with Crippen molar-refractivity contribution in [2.45, 2.75) is 91.4 Å². The third-order valence-corrected chi connectivity index (χ3v) is 6.95. The normalized spacial score (nSPS) is 13.6. The second kappa shape index (κ2) is 19.3. The van der Waals surface area contributed by atoms with E-state index in [1.165, 1.54) is 32.9 Å². The molecule has 8 N–H and O–H groups in total. The van der Waals surface area contributed by atoms with Crippen LogP contribution in [0.25, 0.3) is 5.57 Å². The molecular formula is C32H43N5O12. The van der Waals surface area contributed by atoms with Gasteiger partial charge in [0, 0.05) is 19.0 Å². The van der Waals surface area contributed by atoms with E-state index in [9.17, 15) is 48.3 Å². The summed E-state index contributed by atoms with van der Waals surface area (Å²) in [6.07, 6.45) is -1.32. The van der Waals surface area contributed by atoms with E-state index in [1.54, 1.807) is 26.0 Å². The number of ketones is 1. The highest BCUT2D eigenvalue weighted by Gasteiger charge is 2.34. The molecule has 0 aliphatic rings. The summed E-state index contributed by atoms with van der Waals surface area (Å²) in [5.74, 6) is -9.75. The number of rotatable bonds is 19. The van der Waals surface area contributed by atoms with Gasteiger partial charge in [0.2, 0.25) is 29.5 Å². The van der Waals surface area contributed by atoms with Crippen LogP contribution in [0.1, 0.15) is 71.4 Å². The molecule has 17 nitrogen and oxygen atoms in total. The molecule has 0 radical (unpaired) electrons. The Hall–Kier alpha value is -5.61. The van der Waals surface area contributed by atoms with Crippen molar-refractivity contribution < 1.29 is 58.5 Å². The molecular weight excluding hydrogens is 646 g/mol. The summed E-state index contributed by atoms with van der Waals surface area (Å²) in [5, 5.41) is 39.3. The highest BCUT2D eigenvalue weighted by molar-refractivity contribution is 6.01. The van der Waals surface area contributed by atoms with Gasteiger partial charge in [-0.25, -0.2) is 0 Å². The minimum atomic E-state index is -1.61. The van der Waals surface area contributed by atoms with E-state index in [-0.39, 0.29) is 11.5 Å². The van der Waals surface area contributed by atoms with Gasteiger partial charge in [0.05, 0.1) is 12.8 Å². The maximum Gasteiger partial charge on any atom is 0.305 e. The van der Waals surface area contributed by atoms with E-state index < -0.39 is 103 Å². The van der Waals surface area contributed by atoms with Crippen LogP contribution in [0.4, 0.5) is 5.69 Å². The fourth-order valence-corrected chi connectivity index (χ4v) is 4.67. The molecule has 0 spiro atoms. The first kappa shape index (κ1) is 41.4. The molecule has 0 saturated heterocycles. The predicted octanol–water partition coefficient (Wildman–Crippen LogP) is 0.355. The average Bonchev–Trinajstić information content (AvgIpc) is 2.95. The van der Waals surface area contributed by atoms with Crippen molar-refractivity contribution in [1.29, 1.82) is 0 Å². The summed E-state index contributed by atoms with van der Waals surface area (Å²) >= 11 is 0. The summed E-state index contributed by atoms with van der Waals surface area (Å²) < 4.78 is 0. The van der Waals surface area contributed by atoms with Crippen LogP contribution in [0.5, 0.6) is 0 Å². The standard InChI is InChI=1S/C32H43N5O12/c1-15(2)28(37-29(46)22(9-10-25(40)41)35-31(48)23(13-26(42)43)33-19(6)39)32(49)36-24(14-27(44)45)30(47)34-20-7-8-21(17(4)12-20)16(3)11-18(5)38/h7-8,11-12,15,22-24,28H,9-10,13-14H2,1-6H3,(H,33,39)(H,34,47)(H,35,48)(H,36,49)(H,37,46)(H,40,41)(H,42,43)(H,44,45)/b16-11-/t22-,23-,24-,28?/m0/s1. The molecule has 1 unspecified atom stereocenters. The zero-order valence-corrected chi connectivity index (χ0v) is 28.0. The number of anilines is 1. The third-order valence-electron chi connectivity index (χ3n) is 6.95. The van der Waals surface area contributed by atoms with Crippen LogP contribution >= 0.6 is 0 Å². The minimum absolute atomic E-state index is 0.149. The number of amides is 5. The Bertz CT molecular complexity index is 1490. The molecule has 0 bridgehead atoms. The molecule has 49 heavy (non-hydrogen) atoms. The number of aryl methyl sites for hydroxylation is 1. The highest BCUT2D eigenvalue weighted by atomic mass is 16.4. The summed E-state index contributed by atoms with van der Waals surface area (Å²) in [6, 6.07) is -1.43. The Morgan fingerprint density at radius 2 is 1.22 bits per heavy atom. The van der Waals surface area contributed by atoms with Gasteiger partial charge in [0.1, 0.15) is 24.2 Å². The Morgan fingerprint density at radius 1 is 0.694 bits per heavy atom.